The van der Waals surface area contributed by atoms with Gasteiger partial charge in [0.1, 0.15) is 5.75 Å². The van der Waals surface area contributed by atoms with Crippen LogP contribution in [0.2, 0.25) is 0 Å². The van der Waals surface area contributed by atoms with Gasteiger partial charge in [-0.1, -0.05) is 6.92 Å². The minimum absolute atomic E-state index is 0.0225. The molecule has 5 heteroatoms. The number of hydrogen-bond donors (Lipinski definition) is 1. The van der Waals surface area contributed by atoms with E-state index in [1.807, 2.05) is 25.4 Å². The fourth-order valence-corrected chi connectivity index (χ4v) is 1.94. The maximum atomic E-state index is 5.24. The minimum Gasteiger partial charge on any atom is -0.495 e. The number of ether oxygens (including phenoxy) is 1. The zero-order valence-electron chi connectivity index (χ0n) is 12.1. The monoisotopic (exact) mass is 272 g/mol. The van der Waals surface area contributed by atoms with Crippen LogP contribution in [-0.2, 0) is 0 Å². The molecule has 0 fully saturated rings. The van der Waals surface area contributed by atoms with Gasteiger partial charge in [0.25, 0.3) is 0 Å². The van der Waals surface area contributed by atoms with Crippen molar-refractivity contribution in [2.75, 3.05) is 13.7 Å². The molecule has 0 aromatic carbocycles. The molecular formula is C15H20N4O. The number of nitrogens with zero attached hydrogens (tertiary/aromatic N) is 3. The lowest BCUT2D eigenvalue weighted by Gasteiger charge is -2.18. The SMILES string of the molecule is CCCNC(c1cncc(OC)c1)c1cnc(C)cn1. The molecule has 0 aliphatic carbocycles. The van der Waals surface area contributed by atoms with Gasteiger partial charge in [-0.15, -0.1) is 0 Å². The summed E-state index contributed by atoms with van der Waals surface area (Å²) < 4.78 is 5.24. The summed E-state index contributed by atoms with van der Waals surface area (Å²) in [6, 6.07) is 1.95. The molecule has 0 saturated heterocycles. The number of pyridine rings is 1. The van der Waals surface area contributed by atoms with Crippen LogP contribution in [0.25, 0.3) is 0 Å². The second kappa shape index (κ2) is 6.96. The van der Waals surface area contributed by atoms with Crippen molar-refractivity contribution in [3.8, 4) is 5.75 Å². The van der Waals surface area contributed by atoms with Crippen LogP contribution in [0.15, 0.2) is 30.9 Å². The van der Waals surface area contributed by atoms with Crippen LogP contribution in [0.5, 0.6) is 5.75 Å². The average Bonchev–Trinajstić information content (AvgIpc) is 2.49. The van der Waals surface area contributed by atoms with Gasteiger partial charge in [0.05, 0.1) is 36.9 Å². The summed E-state index contributed by atoms with van der Waals surface area (Å²) >= 11 is 0. The molecule has 2 rings (SSSR count). The Kier molecular flexibility index (Phi) is 5.01. The fourth-order valence-electron chi connectivity index (χ4n) is 1.94. The van der Waals surface area contributed by atoms with Gasteiger partial charge in [-0.05, 0) is 31.5 Å². The van der Waals surface area contributed by atoms with Gasteiger partial charge >= 0.3 is 0 Å². The Morgan fingerprint density at radius 1 is 1.20 bits per heavy atom. The van der Waals surface area contributed by atoms with Crippen molar-refractivity contribution in [1.29, 1.82) is 0 Å². The highest BCUT2D eigenvalue weighted by Gasteiger charge is 2.16. The van der Waals surface area contributed by atoms with Crippen molar-refractivity contribution >= 4 is 0 Å². The molecule has 2 aromatic heterocycles. The molecule has 0 saturated carbocycles. The third-order valence-electron chi connectivity index (χ3n) is 3.00. The number of rotatable bonds is 6. The van der Waals surface area contributed by atoms with Crippen molar-refractivity contribution in [1.82, 2.24) is 20.3 Å². The van der Waals surface area contributed by atoms with E-state index in [1.54, 1.807) is 19.5 Å². The Morgan fingerprint density at radius 3 is 2.70 bits per heavy atom. The van der Waals surface area contributed by atoms with Crippen LogP contribution in [0.4, 0.5) is 0 Å². The number of aromatic nitrogens is 3. The molecule has 1 unspecified atom stereocenters. The molecule has 1 atom stereocenters. The molecule has 0 bridgehead atoms. The third kappa shape index (κ3) is 3.51. The third-order valence-corrected chi connectivity index (χ3v) is 3.00. The fraction of sp³-hybridized carbons (Fsp3) is 0.400. The van der Waals surface area contributed by atoms with Gasteiger partial charge in [-0.2, -0.15) is 0 Å². The van der Waals surface area contributed by atoms with E-state index in [9.17, 15) is 0 Å². The quantitative estimate of drug-likeness (QED) is 0.874. The molecule has 0 spiro atoms. The second-order valence-corrected chi connectivity index (χ2v) is 4.63. The molecule has 2 aromatic rings. The Hall–Kier alpha value is -2.01. The van der Waals surface area contributed by atoms with Crippen LogP contribution in [0, 0.1) is 6.92 Å². The molecule has 5 nitrogen and oxygen atoms in total. The molecule has 0 radical (unpaired) electrons. The van der Waals surface area contributed by atoms with E-state index in [1.165, 1.54) is 0 Å². The van der Waals surface area contributed by atoms with Crippen molar-refractivity contribution in [3.63, 3.8) is 0 Å². The summed E-state index contributed by atoms with van der Waals surface area (Å²) in [5.41, 5.74) is 2.82. The number of methoxy groups -OCH3 is 1. The average molecular weight is 272 g/mol. The minimum atomic E-state index is -0.0225. The van der Waals surface area contributed by atoms with Crippen molar-refractivity contribution in [2.24, 2.45) is 0 Å². The molecule has 2 heterocycles. The smallest absolute Gasteiger partial charge is 0.137 e. The van der Waals surface area contributed by atoms with E-state index in [0.717, 1.165) is 35.7 Å². The van der Waals surface area contributed by atoms with Crippen molar-refractivity contribution < 1.29 is 4.74 Å². The first-order valence-electron chi connectivity index (χ1n) is 6.75. The van der Waals surface area contributed by atoms with E-state index in [0.29, 0.717) is 0 Å². The summed E-state index contributed by atoms with van der Waals surface area (Å²) in [5.74, 6) is 0.742. The highest BCUT2D eigenvalue weighted by molar-refractivity contribution is 5.30. The summed E-state index contributed by atoms with van der Waals surface area (Å²) in [6.07, 6.45) is 8.16. The lowest BCUT2D eigenvalue weighted by atomic mass is 10.1. The van der Waals surface area contributed by atoms with Crippen LogP contribution in [0.1, 0.15) is 36.3 Å². The Balaban J connectivity index is 2.32. The zero-order valence-corrected chi connectivity index (χ0v) is 12.1. The van der Waals surface area contributed by atoms with Gasteiger partial charge in [-0.25, -0.2) is 0 Å². The predicted molar refractivity (Wildman–Crippen MR) is 77.7 cm³/mol. The van der Waals surface area contributed by atoms with E-state index >= 15 is 0 Å². The summed E-state index contributed by atoms with van der Waals surface area (Å²) in [6.45, 7) is 4.96. The normalized spacial score (nSPS) is 12.2. The maximum Gasteiger partial charge on any atom is 0.137 e. The van der Waals surface area contributed by atoms with E-state index in [4.69, 9.17) is 4.74 Å². The molecule has 0 amide bonds. The standard InChI is InChI=1S/C15H20N4O/c1-4-5-17-15(14-10-18-11(2)7-19-14)12-6-13(20-3)9-16-8-12/h6-10,15,17H,4-5H2,1-3H3. The Bertz CT molecular complexity index is 542. The largest absolute Gasteiger partial charge is 0.495 e. The first kappa shape index (κ1) is 14.4. The lowest BCUT2D eigenvalue weighted by Crippen LogP contribution is -2.24. The van der Waals surface area contributed by atoms with Gasteiger partial charge in [0.2, 0.25) is 0 Å². The van der Waals surface area contributed by atoms with Crippen molar-refractivity contribution in [3.05, 3.63) is 47.8 Å². The molecular weight excluding hydrogens is 252 g/mol. The number of aryl methyl sites for hydroxylation is 1. The lowest BCUT2D eigenvalue weighted by molar-refractivity contribution is 0.411. The van der Waals surface area contributed by atoms with Crippen LogP contribution < -0.4 is 10.1 Å². The molecule has 106 valence electrons. The highest BCUT2D eigenvalue weighted by atomic mass is 16.5. The summed E-state index contributed by atoms with van der Waals surface area (Å²) in [4.78, 5) is 13.0. The van der Waals surface area contributed by atoms with Crippen LogP contribution in [-0.4, -0.2) is 28.6 Å². The molecule has 0 aliphatic heterocycles. The second-order valence-electron chi connectivity index (χ2n) is 4.63. The Labute approximate surface area is 119 Å². The predicted octanol–water partition coefficient (Wildman–Crippen LogP) is 2.28. The zero-order chi connectivity index (χ0) is 14.4. The highest BCUT2D eigenvalue weighted by Crippen LogP contribution is 2.22. The summed E-state index contributed by atoms with van der Waals surface area (Å²) in [5, 5.41) is 3.47. The van der Waals surface area contributed by atoms with E-state index in [2.05, 4.69) is 27.2 Å². The van der Waals surface area contributed by atoms with E-state index in [-0.39, 0.29) is 6.04 Å². The molecule has 1 N–H and O–H groups in total. The van der Waals surface area contributed by atoms with Gasteiger partial charge < -0.3 is 10.1 Å². The summed E-state index contributed by atoms with van der Waals surface area (Å²) in [7, 11) is 1.64. The van der Waals surface area contributed by atoms with E-state index < -0.39 is 0 Å². The first-order valence-corrected chi connectivity index (χ1v) is 6.75. The first-order chi connectivity index (χ1) is 9.74. The Morgan fingerprint density at radius 2 is 2.05 bits per heavy atom. The molecule has 20 heavy (non-hydrogen) atoms. The van der Waals surface area contributed by atoms with Gasteiger partial charge in [0, 0.05) is 12.4 Å². The van der Waals surface area contributed by atoms with Crippen LogP contribution in [0.3, 0.4) is 0 Å². The maximum absolute atomic E-state index is 5.24. The van der Waals surface area contributed by atoms with Gasteiger partial charge in [-0.3, -0.25) is 15.0 Å². The van der Waals surface area contributed by atoms with Crippen LogP contribution >= 0.6 is 0 Å². The molecule has 0 aliphatic rings. The number of hydrogen-bond acceptors (Lipinski definition) is 5. The topological polar surface area (TPSA) is 59.9 Å². The van der Waals surface area contributed by atoms with Gasteiger partial charge in [0.15, 0.2) is 0 Å². The number of nitrogens with one attached hydrogen (secondary N) is 1. The van der Waals surface area contributed by atoms with Crippen molar-refractivity contribution in [2.45, 2.75) is 26.3 Å².